The first-order valence-corrected chi connectivity index (χ1v) is 6.65. The third-order valence-electron chi connectivity index (χ3n) is 3.36. The third-order valence-corrected chi connectivity index (χ3v) is 3.54. The third kappa shape index (κ3) is 3.73. The first-order valence-electron chi connectivity index (χ1n) is 6.27. The standard InChI is InChI=1S/C12H19ClN4/c13-12-16-8-10(14)11(17-12)15-7-6-9-4-2-1-3-5-9/h8-9H,1-7,14H2,(H,15,16,17). The molecular weight excluding hydrogens is 236 g/mol. The Kier molecular flexibility index (Phi) is 4.42. The molecule has 1 fully saturated rings. The molecule has 1 aromatic rings. The molecule has 1 aromatic heterocycles. The lowest BCUT2D eigenvalue weighted by atomic mass is 9.87. The monoisotopic (exact) mass is 254 g/mol. The van der Waals surface area contributed by atoms with Crippen molar-refractivity contribution >= 4 is 23.1 Å². The van der Waals surface area contributed by atoms with Gasteiger partial charge < -0.3 is 11.1 Å². The van der Waals surface area contributed by atoms with Crippen LogP contribution in [0, 0.1) is 5.92 Å². The van der Waals surface area contributed by atoms with E-state index in [4.69, 9.17) is 17.3 Å². The van der Waals surface area contributed by atoms with Crippen LogP contribution in [0.2, 0.25) is 5.28 Å². The van der Waals surface area contributed by atoms with Gasteiger partial charge in [0.25, 0.3) is 0 Å². The van der Waals surface area contributed by atoms with Crippen LogP contribution in [0.5, 0.6) is 0 Å². The van der Waals surface area contributed by atoms with Gasteiger partial charge in [0.2, 0.25) is 5.28 Å². The fourth-order valence-corrected chi connectivity index (χ4v) is 2.52. The van der Waals surface area contributed by atoms with E-state index in [1.807, 2.05) is 0 Å². The number of aromatic nitrogens is 2. The Morgan fingerprint density at radius 3 is 2.88 bits per heavy atom. The van der Waals surface area contributed by atoms with Crippen molar-refractivity contribution in [3.8, 4) is 0 Å². The molecule has 4 nitrogen and oxygen atoms in total. The number of halogens is 1. The second-order valence-electron chi connectivity index (χ2n) is 4.66. The first kappa shape index (κ1) is 12.4. The highest BCUT2D eigenvalue weighted by molar-refractivity contribution is 6.28. The summed E-state index contributed by atoms with van der Waals surface area (Å²) >= 11 is 5.73. The van der Waals surface area contributed by atoms with E-state index in [1.165, 1.54) is 44.7 Å². The summed E-state index contributed by atoms with van der Waals surface area (Å²) in [7, 11) is 0. The SMILES string of the molecule is Nc1cnc(Cl)nc1NCCC1CCCCC1. The molecule has 0 saturated heterocycles. The van der Waals surface area contributed by atoms with Gasteiger partial charge in [-0.15, -0.1) is 0 Å². The van der Waals surface area contributed by atoms with Gasteiger partial charge in [-0.1, -0.05) is 32.1 Å². The van der Waals surface area contributed by atoms with Crippen LogP contribution in [0.15, 0.2) is 6.20 Å². The summed E-state index contributed by atoms with van der Waals surface area (Å²) < 4.78 is 0. The Morgan fingerprint density at radius 2 is 2.12 bits per heavy atom. The van der Waals surface area contributed by atoms with Gasteiger partial charge >= 0.3 is 0 Å². The highest BCUT2D eigenvalue weighted by atomic mass is 35.5. The predicted molar refractivity (Wildman–Crippen MR) is 71.1 cm³/mol. The van der Waals surface area contributed by atoms with Crippen molar-refractivity contribution in [3.63, 3.8) is 0 Å². The number of hydrogen-bond donors (Lipinski definition) is 2. The maximum Gasteiger partial charge on any atom is 0.224 e. The van der Waals surface area contributed by atoms with Crippen LogP contribution in [-0.4, -0.2) is 16.5 Å². The van der Waals surface area contributed by atoms with Gasteiger partial charge in [-0.25, -0.2) is 4.98 Å². The van der Waals surface area contributed by atoms with Crippen molar-refractivity contribution < 1.29 is 0 Å². The van der Waals surface area contributed by atoms with Crippen LogP contribution >= 0.6 is 11.6 Å². The topological polar surface area (TPSA) is 63.8 Å². The average Bonchev–Trinajstić information content (AvgIpc) is 2.35. The van der Waals surface area contributed by atoms with Crippen LogP contribution in [0.4, 0.5) is 11.5 Å². The normalized spacial score (nSPS) is 17.0. The average molecular weight is 255 g/mol. The van der Waals surface area contributed by atoms with E-state index in [-0.39, 0.29) is 5.28 Å². The minimum Gasteiger partial charge on any atom is -0.394 e. The zero-order valence-corrected chi connectivity index (χ0v) is 10.7. The highest BCUT2D eigenvalue weighted by Gasteiger charge is 2.13. The maximum atomic E-state index is 5.76. The molecule has 1 aliphatic carbocycles. The van der Waals surface area contributed by atoms with Crippen LogP contribution in [-0.2, 0) is 0 Å². The lowest BCUT2D eigenvalue weighted by Crippen LogP contribution is -2.13. The molecule has 94 valence electrons. The Balaban J connectivity index is 1.79. The van der Waals surface area contributed by atoms with E-state index in [9.17, 15) is 0 Å². The van der Waals surface area contributed by atoms with E-state index in [0.29, 0.717) is 11.5 Å². The minimum absolute atomic E-state index is 0.236. The van der Waals surface area contributed by atoms with Crippen molar-refractivity contribution in [2.75, 3.05) is 17.6 Å². The summed E-state index contributed by atoms with van der Waals surface area (Å²) in [6.45, 7) is 0.905. The Bertz CT molecular complexity index is 364. The van der Waals surface area contributed by atoms with Crippen molar-refractivity contribution in [1.29, 1.82) is 0 Å². The summed E-state index contributed by atoms with van der Waals surface area (Å²) in [6, 6.07) is 0. The van der Waals surface area contributed by atoms with E-state index in [1.54, 1.807) is 0 Å². The number of nitrogens with zero attached hydrogens (tertiary/aromatic N) is 2. The molecule has 0 aliphatic heterocycles. The number of nitrogen functional groups attached to an aromatic ring is 1. The largest absolute Gasteiger partial charge is 0.394 e. The summed E-state index contributed by atoms with van der Waals surface area (Å²) in [6.07, 6.45) is 9.61. The van der Waals surface area contributed by atoms with Gasteiger partial charge in [-0.05, 0) is 23.9 Å². The second kappa shape index (κ2) is 6.05. The lowest BCUT2D eigenvalue weighted by molar-refractivity contribution is 0.345. The van der Waals surface area contributed by atoms with Gasteiger partial charge in [0, 0.05) is 6.54 Å². The molecule has 2 rings (SSSR count). The van der Waals surface area contributed by atoms with E-state index in [2.05, 4.69) is 15.3 Å². The maximum absolute atomic E-state index is 5.76. The Morgan fingerprint density at radius 1 is 1.35 bits per heavy atom. The molecule has 0 atom stereocenters. The molecular formula is C12H19ClN4. The second-order valence-corrected chi connectivity index (χ2v) is 5.00. The Labute approximate surface area is 107 Å². The molecule has 0 unspecified atom stereocenters. The van der Waals surface area contributed by atoms with Gasteiger partial charge in [-0.3, -0.25) is 0 Å². The number of nitrogens with two attached hydrogens (primary N) is 1. The van der Waals surface area contributed by atoms with Crippen LogP contribution in [0.25, 0.3) is 0 Å². The summed E-state index contributed by atoms with van der Waals surface area (Å²) in [4.78, 5) is 7.90. The molecule has 1 heterocycles. The quantitative estimate of drug-likeness (QED) is 0.811. The molecule has 3 N–H and O–H groups in total. The van der Waals surface area contributed by atoms with Crippen molar-refractivity contribution in [1.82, 2.24) is 9.97 Å². The molecule has 5 heteroatoms. The van der Waals surface area contributed by atoms with Crippen molar-refractivity contribution in [3.05, 3.63) is 11.5 Å². The smallest absolute Gasteiger partial charge is 0.224 e. The zero-order chi connectivity index (χ0) is 12.1. The molecule has 0 bridgehead atoms. The summed E-state index contributed by atoms with van der Waals surface area (Å²) in [5.74, 6) is 1.51. The van der Waals surface area contributed by atoms with Gasteiger partial charge in [0.15, 0.2) is 5.82 Å². The first-order chi connectivity index (χ1) is 8.25. The van der Waals surface area contributed by atoms with Crippen LogP contribution in [0.1, 0.15) is 38.5 Å². The molecule has 0 aromatic carbocycles. The molecule has 0 amide bonds. The van der Waals surface area contributed by atoms with E-state index in [0.717, 1.165) is 12.5 Å². The minimum atomic E-state index is 0.236. The van der Waals surface area contributed by atoms with Gasteiger partial charge in [0.1, 0.15) is 0 Å². The van der Waals surface area contributed by atoms with Crippen LogP contribution in [0.3, 0.4) is 0 Å². The fourth-order valence-electron chi connectivity index (χ4n) is 2.38. The molecule has 0 spiro atoms. The van der Waals surface area contributed by atoms with Gasteiger partial charge in [-0.2, -0.15) is 4.98 Å². The number of rotatable bonds is 4. The van der Waals surface area contributed by atoms with E-state index >= 15 is 0 Å². The molecule has 0 radical (unpaired) electrons. The Hall–Kier alpha value is -1.03. The number of anilines is 2. The predicted octanol–water partition coefficient (Wildman–Crippen LogP) is 3.09. The van der Waals surface area contributed by atoms with Gasteiger partial charge in [0.05, 0.1) is 11.9 Å². The molecule has 17 heavy (non-hydrogen) atoms. The summed E-state index contributed by atoms with van der Waals surface area (Å²) in [5.41, 5.74) is 6.32. The van der Waals surface area contributed by atoms with E-state index < -0.39 is 0 Å². The number of hydrogen-bond acceptors (Lipinski definition) is 4. The summed E-state index contributed by atoms with van der Waals surface area (Å²) in [5, 5.41) is 3.48. The van der Waals surface area contributed by atoms with Crippen molar-refractivity contribution in [2.45, 2.75) is 38.5 Å². The van der Waals surface area contributed by atoms with Crippen LogP contribution < -0.4 is 11.1 Å². The number of nitrogens with one attached hydrogen (secondary N) is 1. The highest BCUT2D eigenvalue weighted by Crippen LogP contribution is 2.26. The zero-order valence-electron chi connectivity index (χ0n) is 9.95. The lowest BCUT2D eigenvalue weighted by Gasteiger charge is -2.21. The fraction of sp³-hybridized carbons (Fsp3) is 0.667. The molecule has 1 saturated carbocycles. The molecule has 1 aliphatic rings. The van der Waals surface area contributed by atoms with Crippen molar-refractivity contribution in [2.24, 2.45) is 5.92 Å².